The summed E-state index contributed by atoms with van der Waals surface area (Å²) in [5.74, 6) is 0.955. The molecule has 0 atom stereocenters. The maximum atomic E-state index is 12.6. The molecule has 348 valence electrons. The summed E-state index contributed by atoms with van der Waals surface area (Å²) in [4.78, 5) is 9.99. The Kier molecular flexibility index (Phi) is 9.11. The molecule has 0 aliphatic heterocycles. The maximum Gasteiger partial charge on any atom is 0.148 e. The van der Waals surface area contributed by atoms with Crippen LogP contribution in [0.25, 0.3) is 72.7 Å². The fourth-order valence-corrected chi connectivity index (χ4v) is 8.31. The molecule has 0 aliphatic rings. The minimum absolute atomic E-state index is 0. The van der Waals surface area contributed by atoms with Gasteiger partial charge in [0.1, 0.15) is 11.6 Å². The van der Waals surface area contributed by atoms with E-state index in [1.165, 1.54) is 0 Å². The fraction of sp³-hybridized carbons (Fsp3) is 0.323. The third-order valence-electron chi connectivity index (χ3n) is 11.9. The summed E-state index contributed by atoms with van der Waals surface area (Å²) in [6.45, 7) is 11.4. The zero-order valence-electron chi connectivity index (χ0n) is 55.1. The summed E-state index contributed by atoms with van der Waals surface area (Å²) in [6.07, 6.45) is 0.178. The van der Waals surface area contributed by atoms with E-state index in [9.17, 15) is 7.85 Å². The monoisotopic (exact) mass is 1080 g/mol. The van der Waals surface area contributed by atoms with Gasteiger partial charge in [0, 0.05) is 56.4 Å². The average Bonchev–Trinajstić information content (AvgIpc) is 1.65. The van der Waals surface area contributed by atoms with E-state index in [0.717, 1.165) is 51.6 Å². The summed E-state index contributed by atoms with van der Waals surface area (Å²) in [6, 6.07) is 30.1. The van der Waals surface area contributed by atoms with Gasteiger partial charge in [-0.25, -0.2) is 4.98 Å². The van der Waals surface area contributed by atoms with Gasteiger partial charge in [-0.05, 0) is 97.7 Å². The topological polar surface area (TPSA) is 50.9 Å². The van der Waals surface area contributed by atoms with Crippen LogP contribution in [0.1, 0.15) is 145 Å². The minimum Gasteiger partial charge on any atom is -0.507 e. The Morgan fingerprint density at radius 1 is 0.642 bits per heavy atom. The normalized spacial score (nSPS) is 16.3. The van der Waals surface area contributed by atoms with Crippen LogP contribution in [-0.4, -0.2) is 19.6 Å². The van der Waals surface area contributed by atoms with Crippen LogP contribution in [-0.2, 0) is 49.1 Å². The van der Waals surface area contributed by atoms with Crippen LogP contribution in [0.15, 0.2) is 133 Å². The first-order valence-corrected chi connectivity index (χ1v) is 22.5. The number of aromatic nitrogens is 3. The van der Waals surface area contributed by atoms with Gasteiger partial charge in [-0.2, -0.15) is 0 Å². The molecule has 2 aromatic heterocycles. The molecule has 4 nitrogen and oxygen atoms in total. The Balaban J connectivity index is 0.00000968. The maximum absolute atomic E-state index is 12.6. The SMILES string of the molecule is [2H]c1cc(-c2c([2H])c([2H])nc(-c3[c-]c(-c4cccc5c4nc(-c4cc(C(C)(C)C)cc(C(C)(C)C)c4O)n5-c4ccc(CC(C)C)cc4-c4ccccc4)cc(C(C)(C)C)c3)c2[2H])c([2H])c([2H])c1C(C([2H])([2H])[2H])(C([2H])([2H])[2H])C([2H])([2H])[2H].[Pt]. The molecule has 0 bridgehead atoms. The summed E-state index contributed by atoms with van der Waals surface area (Å²) in [5, 5.41) is 12.6. The van der Waals surface area contributed by atoms with Crippen LogP contribution < -0.4 is 0 Å². The number of nitrogens with zero attached hydrogens (tertiary/aromatic N) is 3. The average molecular weight is 1080 g/mol. The van der Waals surface area contributed by atoms with Gasteiger partial charge in [-0.1, -0.05) is 193 Å². The molecule has 5 heteroatoms. The first kappa shape index (κ1) is 33.0. The number of phenols is 1. The molecule has 6 aromatic carbocycles. The zero-order valence-corrected chi connectivity index (χ0v) is 42.4. The number of hydrogen-bond acceptors (Lipinski definition) is 3. The molecule has 0 radical (unpaired) electrons. The van der Waals surface area contributed by atoms with Crippen molar-refractivity contribution < 1.29 is 46.7 Å². The van der Waals surface area contributed by atoms with Crippen molar-refractivity contribution in [1.82, 2.24) is 14.5 Å². The molecule has 2 heterocycles. The van der Waals surface area contributed by atoms with Gasteiger partial charge in [0.15, 0.2) is 0 Å². The van der Waals surface area contributed by atoms with Gasteiger partial charge in [-0.3, -0.25) is 9.55 Å². The zero-order chi connectivity index (χ0) is 60.2. The number of pyridine rings is 1. The Labute approximate surface area is 436 Å². The van der Waals surface area contributed by atoms with Crippen molar-refractivity contribution in [2.75, 3.05) is 0 Å². The number of fused-ring (bicyclic) bond motifs is 1. The van der Waals surface area contributed by atoms with Gasteiger partial charge in [0.05, 0.1) is 30.5 Å². The van der Waals surface area contributed by atoms with E-state index < -0.39 is 89.9 Å². The largest absolute Gasteiger partial charge is 0.507 e. The molecule has 8 aromatic rings. The molecule has 0 fully saturated rings. The van der Waals surface area contributed by atoms with Crippen LogP contribution in [0.5, 0.6) is 5.75 Å². The summed E-state index contributed by atoms with van der Waals surface area (Å²) < 4.78 is 132. The molecule has 0 saturated heterocycles. The van der Waals surface area contributed by atoms with Crippen LogP contribution >= 0.6 is 0 Å². The van der Waals surface area contributed by atoms with E-state index in [1.54, 1.807) is 6.07 Å². The third-order valence-corrected chi connectivity index (χ3v) is 11.9. The predicted octanol–water partition coefficient (Wildman–Crippen LogP) is 16.6. The molecule has 0 unspecified atom stereocenters. The molecular weight excluding hydrogens is 998 g/mol. The Hall–Kier alpha value is -5.57. The number of benzene rings is 6. The van der Waals surface area contributed by atoms with Gasteiger partial charge in [-0.15, -0.1) is 29.3 Å². The van der Waals surface area contributed by atoms with E-state index in [2.05, 4.69) is 107 Å². The smallest absolute Gasteiger partial charge is 0.148 e. The van der Waals surface area contributed by atoms with Crippen molar-refractivity contribution in [3.8, 4) is 67.5 Å². The van der Waals surface area contributed by atoms with Gasteiger partial charge in [0.2, 0.25) is 0 Å². The van der Waals surface area contributed by atoms with Crippen molar-refractivity contribution in [3.63, 3.8) is 0 Å². The Morgan fingerprint density at radius 2 is 1.34 bits per heavy atom. The van der Waals surface area contributed by atoms with Crippen LogP contribution in [0, 0.1) is 12.0 Å². The predicted molar refractivity (Wildman–Crippen MR) is 280 cm³/mol. The summed E-state index contributed by atoms with van der Waals surface area (Å²) in [7, 11) is 0. The number of rotatable bonds is 8. The number of hydrogen-bond donors (Lipinski definition) is 1. The molecule has 8 rings (SSSR count). The fourth-order valence-electron chi connectivity index (χ4n) is 8.31. The van der Waals surface area contributed by atoms with E-state index in [0.29, 0.717) is 39.5 Å². The van der Waals surface area contributed by atoms with Crippen molar-refractivity contribution in [1.29, 1.82) is 0 Å². The molecular formula is C62H68N3OPt-. The molecule has 0 spiro atoms. The summed E-state index contributed by atoms with van der Waals surface area (Å²) in [5.41, 5.74) is 1.98. The number of imidazole rings is 1. The van der Waals surface area contributed by atoms with Gasteiger partial charge in [0.25, 0.3) is 0 Å². The molecule has 0 saturated carbocycles. The van der Waals surface area contributed by atoms with Crippen LogP contribution in [0.3, 0.4) is 0 Å². The van der Waals surface area contributed by atoms with E-state index in [-0.39, 0.29) is 43.5 Å². The Bertz CT molecular complexity index is 3730. The van der Waals surface area contributed by atoms with E-state index in [4.69, 9.17) is 22.8 Å². The standard InChI is InChI=1S/C62H68N3O.Pt/c1-39(2)31-40-23-28-54(50(32-40)42-19-16-15-17-20-42)65-55-22-18-21-49(56(55)64-58(65)51-37-48(61(9,10)11)38-52(57(51)66)62(12,13)14)44-33-45(35-47(34-44)60(6,7)8)53-36-43(29-30-63-53)41-24-26-46(27-25-41)59(3,4)5;/h15-30,32,34-39,66H,31H2,1-14H3;/q-1;/i3D3,4D3,5D3,24D,26D,27D,29D,30D,36D;. The number of para-hydroxylation sites is 1. The number of aromatic hydroxyl groups is 1. The van der Waals surface area contributed by atoms with Crippen LogP contribution in [0.4, 0.5) is 0 Å². The van der Waals surface area contributed by atoms with Gasteiger partial charge >= 0.3 is 0 Å². The molecule has 67 heavy (non-hydrogen) atoms. The first-order valence-electron chi connectivity index (χ1n) is 30.0. The van der Waals surface area contributed by atoms with Crippen molar-refractivity contribution in [2.24, 2.45) is 5.92 Å². The second-order valence-electron chi connectivity index (χ2n) is 20.9. The second kappa shape index (κ2) is 18.5. The van der Waals surface area contributed by atoms with Crippen molar-refractivity contribution in [2.45, 2.75) is 125 Å². The van der Waals surface area contributed by atoms with E-state index >= 15 is 0 Å². The summed E-state index contributed by atoms with van der Waals surface area (Å²) >= 11 is 0. The second-order valence-corrected chi connectivity index (χ2v) is 20.9. The molecule has 0 aliphatic carbocycles. The number of phenolic OH excluding ortho intramolecular Hbond substituents is 1. The molecule has 1 N–H and O–H groups in total. The van der Waals surface area contributed by atoms with Crippen LogP contribution in [0.2, 0.25) is 0 Å². The first-order chi connectivity index (χ1) is 37.2. The third kappa shape index (κ3) is 10.3. The van der Waals surface area contributed by atoms with E-state index in [1.807, 2.05) is 69.3 Å². The van der Waals surface area contributed by atoms with Crippen molar-refractivity contribution >= 4 is 11.0 Å². The minimum atomic E-state index is -3.84. The van der Waals surface area contributed by atoms with Crippen molar-refractivity contribution in [3.05, 3.63) is 167 Å². The quantitative estimate of drug-likeness (QED) is 0.154. The Morgan fingerprint density at radius 3 is 2.01 bits per heavy atom. The van der Waals surface area contributed by atoms with Gasteiger partial charge < -0.3 is 5.11 Å². The molecule has 0 amide bonds.